The Kier molecular flexibility index (Phi) is 8.51. The van der Waals surface area contributed by atoms with Crippen LogP contribution in [-0.4, -0.2) is 19.0 Å². The first-order valence-electron chi connectivity index (χ1n) is 6.61. The summed E-state index contributed by atoms with van der Waals surface area (Å²) in [6.45, 7) is 9.94. The van der Waals surface area contributed by atoms with Gasteiger partial charge in [0.2, 0.25) is 0 Å². The summed E-state index contributed by atoms with van der Waals surface area (Å²) in [5.74, 6) is 1.04. The molecule has 3 N–H and O–H groups in total. The highest BCUT2D eigenvalue weighted by molar-refractivity contribution is 14.0. The van der Waals surface area contributed by atoms with Gasteiger partial charge in [-0.25, -0.2) is 0 Å². The summed E-state index contributed by atoms with van der Waals surface area (Å²) < 4.78 is 0. The summed E-state index contributed by atoms with van der Waals surface area (Å²) in [6, 6.07) is 7.87. The van der Waals surface area contributed by atoms with E-state index in [1.165, 1.54) is 0 Å². The Morgan fingerprint density at radius 3 is 2.50 bits per heavy atom. The van der Waals surface area contributed by atoms with Crippen LogP contribution in [0.2, 0.25) is 5.02 Å². The van der Waals surface area contributed by atoms with Gasteiger partial charge in [0.1, 0.15) is 0 Å². The van der Waals surface area contributed by atoms with E-state index in [9.17, 15) is 0 Å². The van der Waals surface area contributed by atoms with E-state index in [-0.39, 0.29) is 29.4 Å². The summed E-state index contributed by atoms with van der Waals surface area (Å²) in [5.41, 5.74) is 6.81. The molecule has 1 aromatic rings. The number of nitrogens with zero attached hydrogens (tertiary/aromatic N) is 1. The van der Waals surface area contributed by atoms with Crippen molar-refractivity contribution in [2.24, 2.45) is 16.6 Å². The Labute approximate surface area is 144 Å². The molecule has 1 aromatic carbocycles. The molecule has 20 heavy (non-hydrogen) atoms. The Bertz CT molecular complexity index is 444. The molecule has 0 aliphatic heterocycles. The molecule has 0 fully saturated rings. The van der Waals surface area contributed by atoms with Crippen LogP contribution in [0.1, 0.15) is 33.3 Å². The Morgan fingerprint density at radius 2 is 1.95 bits per heavy atom. The lowest BCUT2D eigenvalue weighted by molar-refractivity contribution is 0.537. The van der Waals surface area contributed by atoms with Crippen molar-refractivity contribution in [3.8, 4) is 0 Å². The molecule has 0 unspecified atom stereocenters. The van der Waals surface area contributed by atoms with Crippen molar-refractivity contribution in [1.29, 1.82) is 0 Å². The van der Waals surface area contributed by atoms with E-state index in [1.54, 1.807) is 0 Å². The Morgan fingerprint density at radius 1 is 1.35 bits per heavy atom. The monoisotopic (exact) mass is 409 g/mol. The van der Waals surface area contributed by atoms with E-state index in [0.717, 1.165) is 17.1 Å². The van der Waals surface area contributed by atoms with Crippen molar-refractivity contribution < 1.29 is 0 Å². The van der Waals surface area contributed by atoms with Crippen molar-refractivity contribution in [3.05, 3.63) is 34.9 Å². The molecular formula is C15H25ClIN3. The summed E-state index contributed by atoms with van der Waals surface area (Å²) in [5, 5.41) is 3.89. The van der Waals surface area contributed by atoms with Gasteiger partial charge in [-0.3, -0.25) is 4.99 Å². The van der Waals surface area contributed by atoms with Crippen LogP contribution in [0.3, 0.4) is 0 Å². The molecular weight excluding hydrogens is 385 g/mol. The van der Waals surface area contributed by atoms with Crippen LogP contribution in [-0.2, 0) is 5.41 Å². The quantitative estimate of drug-likeness (QED) is 0.441. The van der Waals surface area contributed by atoms with Gasteiger partial charge >= 0.3 is 0 Å². The average Bonchev–Trinajstić information content (AvgIpc) is 2.34. The van der Waals surface area contributed by atoms with Crippen LogP contribution >= 0.6 is 35.6 Å². The van der Waals surface area contributed by atoms with E-state index in [1.807, 2.05) is 24.3 Å². The molecule has 0 saturated carbocycles. The normalized spacial score (nSPS) is 12.2. The highest BCUT2D eigenvalue weighted by Gasteiger charge is 2.22. The number of aliphatic imine (C=N–C) groups is 1. The van der Waals surface area contributed by atoms with Crippen molar-refractivity contribution in [2.45, 2.75) is 33.1 Å². The number of nitrogens with two attached hydrogens (primary N) is 1. The van der Waals surface area contributed by atoms with Crippen molar-refractivity contribution in [3.63, 3.8) is 0 Å². The fourth-order valence-electron chi connectivity index (χ4n) is 1.74. The smallest absolute Gasteiger partial charge is 0.188 e. The van der Waals surface area contributed by atoms with Crippen LogP contribution in [0.5, 0.6) is 0 Å². The summed E-state index contributed by atoms with van der Waals surface area (Å²) in [4.78, 5) is 4.41. The predicted octanol–water partition coefficient (Wildman–Crippen LogP) is 3.80. The molecule has 0 aliphatic carbocycles. The third kappa shape index (κ3) is 6.31. The zero-order valence-corrected chi connectivity index (χ0v) is 15.7. The SMILES string of the molecule is CC(C)CNC(N)=NCC(C)(C)c1ccccc1Cl.I. The van der Waals surface area contributed by atoms with E-state index in [2.05, 4.69) is 38.0 Å². The second-order valence-electron chi connectivity index (χ2n) is 5.84. The lowest BCUT2D eigenvalue weighted by atomic mass is 9.85. The maximum atomic E-state index is 6.23. The topological polar surface area (TPSA) is 50.4 Å². The number of hydrogen-bond acceptors (Lipinski definition) is 1. The molecule has 3 nitrogen and oxygen atoms in total. The van der Waals surface area contributed by atoms with Crippen LogP contribution in [0.15, 0.2) is 29.3 Å². The first-order chi connectivity index (χ1) is 8.83. The number of hydrogen-bond donors (Lipinski definition) is 2. The average molecular weight is 410 g/mol. The first-order valence-corrected chi connectivity index (χ1v) is 6.99. The lowest BCUT2D eigenvalue weighted by Crippen LogP contribution is -2.35. The van der Waals surface area contributed by atoms with E-state index in [0.29, 0.717) is 18.4 Å². The number of benzene rings is 1. The molecule has 1 rings (SSSR count). The Hall–Kier alpha value is -0.490. The van der Waals surface area contributed by atoms with Gasteiger partial charge in [0.15, 0.2) is 5.96 Å². The van der Waals surface area contributed by atoms with Crippen LogP contribution in [0.25, 0.3) is 0 Å². The maximum Gasteiger partial charge on any atom is 0.188 e. The molecule has 0 saturated heterocycles. The third-order valence-corrected chi connectivity index (χ3v) is 3.27. The number of nitrogens with one attached hydrogen (secondary N) is 1. The van der Waals surface area contributed by atoms with Gasteiger partial charge < -0.3 is 11.1 Å². The van der Waals surface area contributed by atoms with Crippen molar-refractivity contribution in [2.75, 3.05) is 13.1 Å². The molecule has 0 amide bonds. The highest BCUT2D eigenvalue weighted by atomic mass is 127. The second-order valence-corrected chi connectivity index (χ2v) is 6.25. The predicted molar refractivity (Wildman–Crippen MR) is 99.2 cm³/mol. The van der Waals surface area contributed by atoms with E-state index >= 15 is 0 Å². The standard InChI is InChI=1S/C15H24ClN3.HI/c1-11(2)9-18-14(17)19-10-15(3,4)12-7-5-6-8-13(12)16;/h5-8,11H,9-10H2,1-4H3,(H3,17,18,19);1H. The van der Waals surface area contributed by atoms with E-state index < -0.39 is 0 Å². The molecule has 0 heterocycles. The molecule has 5 heteroatoms. The lowest BCUT2D eigenvalue weighted by Gasteiger charge is -2.24. The third-order valence-electron chi connectivity index (χ3n) is 2.94. The van der Waals surface area contributed by atoms with Crippen LogP contribution < -0.4 is 11.1 Å². The molecule has 0 spiro atoms. The zero-order valence-electron chi connectivity index (χ0n) is 12.6. The summed E-state index contributed by atoms with van der Waals surface area (Å²) in [6.07, 6.45) is 0. The number of guanidine groups is 1. The minimum Gasteiger partial charge on any atom is -0.370 e. The minimum atomic E-state index is -0.136. The summed E-state index contributed by atoms with van der Waals surface area (Å²) >= 11 is 6.23. The fraction of sp³-hybridized carbons (Fsp3) is 0.533. The molecule has 0 aromatic heterocycles. The highest BCUT2D eigenvalue weighted by Crippen LogP contribution is 2.29. The van der Waals surface area contributed by atoms with Crippen molar-refractivity contribution >= 4 is 41.5 Å². The minimum absolute atomic E-state index is 0. The van der Waals surface area contributed by atoms with Gasteiger partial charge in [0, 0.05) is 17.0 Å². The van der Waals surface area contributed by atoms with Crippen LogP contribution in [0, 0.1) is 5.92 Å². The summed E-state index contributed by atoms with van der Waals surface area (Å²) in [7, 11) is 0. The molecule has 0 radical (unpaired) electrons. The van der Waals surface area contributed by atoms with Gasteiger partial charge in [0.25, 0.3) is 0 Å². The zero-order chi connectivity index (χ0) is 14.5. The Balaban J connectivity index is 0.00000361. The first kappa shape index (κ1) is 19.5. The molecule has 0 bridgehead atoms. The van der Waals surface area contributed by atoms with E-state index in [4.69, 9.17) is 17.3 Å². The molecule has 0 atom stereocenters. The van der Waals surface area contributed by atoms with Gasteiger partial charge in [-0.2, -0.15) is 0 Å². The number of rotatable bonds is 5. The largest absolute Gasteiger partial charge is 0.370 e. The fourth-order valence-corrected chi connectivity index (χ4v) is 2.13. The molecule has 0 aliphatic rings. The van der Waals surface area contributed by atoms with Gasteiger partial charge in [-0.05, 0) is 17.5 Å². The van der Waals surface area contributed by atoms with Crippen LogP contribution in [0.4, 0.5) is 0 Å². The van der Waals surface area contributed by atoms with Gasteiger partial charge in [-0.1, -0.05) is 57.5 Å². The van der Waals surface area contributed by atoms with Gasteiger partial charge in [-0.15, -0.1) is 24.0 Å². The van der Waals surface area contributed by atoms with Gasteiger partial charge in [0.05, 0.1) is 6.54 Å². The maximum absolute atomic E-state index is 6.23. The second kappa shape index (κ2) is 8.72. The molecule has 114 valence electrons. The van der Waals surface area contributed by atoms with Crippen molar-refractivity contribution in [1.82, 2.24) is 5.32 Å². The number of halogens is 2.